The summed E-state index contributed by atoms with van der Waals surface area (Å²) < 4.78 is 6.44. The van der Waals surface area contributed by atoms with E-state index >= 15 is 0 Å². The van der Waals surface area contributed by atoms with Crippen LogP contribution in [0.15, 0.2) is 22.7 Å². The van der Waals surface area contributed by atoms with E-state index in [2.05, 4.69) is 26.6 Å². The minimum atomic E-state index is -0.550. The highest BCUT2D eigenvalue weighted by molar-refractivity contribution is 9.10. The van der Waals surface area contributed by atoms with E-state index in [9.17, 15) is 9.90 Å². The third-order valence-corrected chi connectivity index (χ3v) is 3.28. The van der Waals surface area contributed by atoms with Crippen LogP contribution in [0.4, 0.5) is 0 Å². The molecule has 0 heterocycles. The zero-order valence-electron chi connectivity index (χ0n) is 12.9. The van der Waals surface area contributed by atoms with Crippen molar-refractivity contribution in [2.45, 2.75) is 26.9 Å². The first-order valence-electron chi connectivity index (χ1n) is 6.99. The summed E-state index contributed by atoms with van der Waals surface area (Å²) in [5.74, 6) is 0.504. The van der Waals surface area contributed by atoms with Gasteiger partial charge in [0.25, 0.3) is 5.91 Å². The quantitative estimate of drug-likeness (QED) is 0.653. The second-order valence-electron chi connectivity index (χ2n) is 5.36. The fourth-order valence-corrected chi connectivity index (χ4v) is 2.05. The van der Waals surface area contributed by atoms with Crippen LogP contribution in [0.2, 0.25) is 0 Å². The first-order chi connectivity index (χ1) is 10.3. The number of carbonyl (C=O) groups excluding carboxylic acids is 1. The average molecular weight is 389 g/mol. The Bertz CT molecular complexity index is 536. The number of benzene rings is 1. The van der Waals surface area contributed by atoms with E-state index in [1.807, 2.05) is 19.9 Å². The summed E-state index contributed by atoms with van der Waals surface area (Å²) in [4.78, 5) is 12.3. The van der Waals surface area contributed by atoms with E-state index in [4.69, 9.17) is 17.0 Å². The van der Waals surface area contributed by atoms with Gasteiger partial charge < -0.3 is 15.2 Å². The number of aliphatic hydroxyl groups is 1. The Morgan fingerprint density at radius 2 is 2.09 bits per heavy atom. The Morgan fingerprint density at radius 3 is 2.68 bits per heavy atom. The van der Waals surface area contributed by atoms with Gasteiger partial charge in [-0.2, -0.15) is 0 Å². The number of halogens is 1. The molecule has 1 rings (SSSR count). The van der Waals surface area contributed by atoms with Crippen molar-refractivity contribution in [2.75, 3.05) is 13.2 Å². The van der Waals surface area contributed by atoms with Crippen LogP contribution in [0.5, 0.6) is 5.75 Å². The van der Waals surface area contributed by atoms with Gasteiger partial charge in [0.15, 0.2) is 5.11 Å². The van der Waals surface area contributed by atoms with Gasteiger partial charge in [-0.15, -0.1) is 0 Å². The van der Waals surface area contributed by atoms with Gasteiger partial charge in [0.1, 0.15) is 5.75 Å². The van der Waals surface area contributed by atoms with Gasteiger partial charge in [-0.25, -0.2) is 0 Å². The van der Waals surface area contributed by atoms with Gasteiger partial charge in [0.2, 0.25) is 0 Å². The van der Waals surface area contributed by atoms with Crippen molar-refractivity contribution >= 4 is 39.2 Å². The van der Waals surface area contributed by atoms with E-state index in [-0.39, 0.29) is 17.6 Å². The summed E-state index contributed by atoms with van der Waals surface area (Å²) in [5, 5.41) is 14.7. The van der Waals surface area contributed by atoms with Crippen molar-refractivity contribution in [1.29, 1.82) is 0 Å². The number of rotatable bonds is 6. The molecule has 3 N–H and O–H groups in total. The predicted molar refractivity (Wildman–Crippen MR) is 94.2 cm³/mol. The number of amides is 1. The molecule has 0 aromatic heterocycles. The molecule has 122 valence electrons. The van der Waals surface area contributed by atoms with Crippen molar-refractivity contribution < 1.29 is 14.6 Å². The van der Waals surface area contributed by atoms with Crippen molar-refractivity contribution in [3.05, 3.63) is 28.2 Å². The molecule has 0 aliphatic heterocycles. The van der Waals surface area contributed by atoms with Crippen molar-refractivity contribution in [3.63, 3.8) is 0 Å². The average Bonchev–Trinajstić information content (AvgIpc) is 2.43. The largest absolute Gasteiger partial charge is 0.492 e. The molecule has 0 aliphatic carbocycles. The Hall–Kier alpha value is -1.18. The Balaban J connectivity index is 2.78. The highest BCUT2D eigenvalue weighted by Crippen LogP contribution is 2.23. The van der Waals surface area contributed by atoms with Gasteiger partial charge in [-0.1, -0.05) is 29.8 Å². The predicted octanol–water partition coefficient (Wildman–Crippen LogP) is 2.47. The second-order valence-corrected chi connectivity index (χ2v) is 6.68. The van der Waals surface area contributed by atoms with Crippen LogP contribution < -0.4 is 15.4 Å². The number of thiocarbonyl (C=S) groups is 1. The zero-order chi connectivity index (χ0) is 16.7. The molecule has 0 fully saturated rings. The van der Waals surface area contributed by atoms with E-state index < -0.39 is 6.10 Å². The van der Waals surface area contributed by atoms with Crippen LogP contribution in [0, 0.1) is 5.92 Å². The normalized spacial score (nSPS) is 11.9. The maximum Gasteiger partial charge on any atom is 0.261 e. The molecule has 0 radical (unpaired) electrons. The fraction of sp³-hybridized carbons (Fsp3) is 0.467. The summed E-state index contributed by atoms with van der Waals surface area (Å²) in [7, 11) is 0. The lowest BCUT2D eigenvalue weighted by Crippen LogP contribution is -2.41. The summed E-state index contributed by atoms with van der Waals surface area (Å²) >= 11 is 8.37. The number of hydrogen-bond acceptors (Lipinski definition) is 4. The van der Waals surface area contributed by atoms with Crippen LogP contribution in [0.25, 0.3) is 0 Å². The van der Waals surface area contributed by atoms with Crippen LogP contribution in [-0.2, 0) is 0 Å². The molecular weight excluding hydrogens is 368 g/mol. The molecule has 1 unspecified atom stereocenters. The number of aliphatic hydroxyl groups excluding tert-OH is 1. The third-order valence-electron chi connectivity index (χ3n) is 2.54. The number of nitrogens with one attached hydrogen (secondary N) is 2. The number of carbonyl (C=O) groups is 1. The first kappa shape index (κ1) is 18.9. The third kappa shape index (κ3) is 6.72. The van der Waals surface area contributed by atoms with Gasteiger partial charge >= 0.3 is 0 Å². The lowest BCUT2D eigenvalue weighted by Gasteiger charge is -2.15. The van der Waals surface area contributed by atoms with E-state index in [1.165, 1.54) is 0 Å². The zero-order valence-corrected chi connectivity index (χ0v) is 15.3. The van der Waals surface area contributed by atoms with Crippen molar-refractivity contribution in [3.8, 4) is 5.75 Å². The molecule has 1 atom stereocenters. The summed E-state index contributed by atoms with van der Waals surface area (Å²) in [6.07, 6.45) is -0.550. The maximum absolute atomic E-state index is 12.3. The second kappa shape index (κ2) is 9.07. The highest BCUT2D eigenvalue weighted by atomic mass is 79.9. The molecule has 1 aromatic carbocycles. The lowest BCUT2D eigenvalue weighted by molar-refractivity contribution is 0.0971. The summed E-state index contributed by atoms with van der Waals surface area (Å²) in [6, 6.07) is 5.24. The molecule has 0 spiro atoms. The Morgan fingerprint density at radius 1 is 1.41 bits per heavy atom. The minimum absolute atomic E-state index is 0.167. The van der Waals surface area contributed by atoms with E-state index in [0.29, 0.717) is 23.8 Å². The molecule has 0 bridgehead atoms. The summed E-state index contributed by atoms with van der Waals surface area (Å²) in [5.41, 5.74) is 0.399. The Kier molecular flexibility index (Phi) is 7.78. The lowest BCUT2D eigenvalue weighted by atomic mass is 10.2. The van der Waals surface area contributed by atoms with Gasteiger partial charge in [0.05, 0.1) is 18.3 Å². The maximum atomic E-state index is 12.3. The van der Waals surface area contributed by atoms with Crippen LogP contribution in [0.3, 0.4) is 0 Å². The van der Waals surface area contributed by atoms with Gasteiger partial charge in [-0.05, 0) is 43.3 Å². The van der Waals surface area contributed by atoms with Gasteiger partial charge in [0, 0.05) is 11.0 Å². The van der Waals surface area contributed by atoms with Gasteiger partial charge in [-0.3, -0.25) is 10.1 Å². The number of hydrogen-bond donors (Lipinski definition) is 3. The number of ether oxygens (including phenoxy) is 1. The molecular formula is C15H21BrN2O3S. The molecule has 22 heavy (non-hydrogen) atoms. The Labute approximate surface area is 144 Å². The molecule has 0 saturated carbocycles. The molecule has 0 saturated heterocycles. The summed E-state index contributed by atoms with van der Waals surface area (Å²) in [6.45, 7) is 6.49. The van der Waals surface area contributed by atoms with Crippen molar-refractivity contribution in [1.82, 2.24) is 10.6 Å². The van der Waals surface area contributed by atoms with Crippen LogP contribution in [-0.4, -0.2) is 35.4 Å². The monoisotopic (exact) mass is 388 g/mol. The SMILES string of the molecule is CC(C)COc1ccc(Br)cc1C(=O)NC(=S)NCC(C)O. The smallest absolute Gasteiger partial charge is 0.261 e. The van der Waals surface area contributed by atoms with Crippen LogP contribution >= 0.6 is 28.1 Å². The topological polar surface area (TPSA) is 70.6 Å². The van der Waals surface area contributed by atoms with E-state index in [0.717, 1.165) is 4.47 Å². The molecule has 5 nitrogen and oxygen atoms in total. The van der Waals surface area contributed by atoms with Crippen LogP contribution in [0.1, 0.15) is 31.1 Å². The standard InChI is InChI=1S/C15H21BrN2O3S/c1-9(2)8-21-13-5-4-11(16)6-12(13)14(20)18-15(22)17-7-10(3)19/h4-6,9-10,19H,7-8H2,1-3H3,(H2,17,18,20,22). The first-order valence-corrected chi connectivity index (χ1v) is 8.19. The highest BCUT2D eigenvalue weighted by Gasteiger charge is 2.15. The molecule has 7 heteroatoms. The minimum Gasteiger partial charge on any atom is -0.492 e. The van der Waals surface area contributed by atoms with Crippen molar-refractivity contribution in [2.24, 2.45) is 5.92 Å². The molecule has 0 aliphatic rings. The molecule has 1 aromatic rings. The molecule has 1 amide bonds. The fourth-order valence-electron chi connectivity index (χ4n) is 1.52. The van der Waals surface area contributed by atoms with E-state index in [1.54, 1.807) is 19.1 Å².